The van der Waals surface area contributed by atoms with Gasteiger partial charge in [0.1, 0.15) is 5.69 Å². The van der Waals surface area contributed by atoms with E-state index in [1.807, 2.05) is 31.2 Å². The minimum atomic E-state index is 0.0840. The van der Waals surface area contributed by atoms with Crippen LogP contribution in [0.5, 0.6) is 0 Å². The fourth-order valence-electron chi connectivity index (χ4n) is 3.10. The monoisotopic (exact) mass is 326 g/mol. The molecule has 0 atom stereocenters. The van der Waals surface area contributed by atoms with Crippen LogP contribution >= 0.6 is 0 Å². The second-order valence-corrected chi connectivity index (χ2v) is 5.98. The number of hydrogen-bond donors (Lipinski definition) is 2. The highest BCUT2D eigenvalue weighted by Crippen LogP contribution is 2.27. The summed E-state index contributed by atoms with van der Waals surface area (Å²) in [7, 11) is 0. The van der Waals surface area contributed by atoms with Gasteiger partial charge in [0.05, 0.1) is 5.69 Å². The SMILES string of the molecule is CC(=O)c1ccc(N2CCN(c3c(C)nc(N)nc3N)CC2)cc1. The Morgan fingerprint density at radius 3 is 2.12 bits per heavy atom. The maximum Gasteiger partial charge on any atom is 0.222 e. The van der Waals surface area contributed by atoms with Gasteiger partial charge >= 0.3 is 0 Å². The van der Waals surface area contributed by atoms with Crippen LogP contribution in [0.15, 0.2) is 24.3 Å². The maximum atomic E-state index is 11.4. The lowest BCUT2D eigenvalue weighted by atomic mass is 10.1. The van der Waals surface area contributed by atoms with Crippen LogP contribution in [0.25, 0.3) is 0 Å². The molecule has 0 spiro atoms. The normalized spacial score (nSPS) is 14.8. The summed E-state index contributed by atoms with van der Waals surface area (Å²) in [5.41, 5.74) is 15.2. The lowest BCUT2D eigenvalue weighted by Crippen LogP contribution is -2.47. The third kappa shape index (κ3) is 3.10. The first-order chi connectivity index (χ1) is 11.5. The Bertz CT molecular complexity index is 727. The van der Waals surface area contributed by atoms with E-state index in [-0.39, 0.29) is 11.7 Å². The number of nitrogens with zero attached hydrogens (tertiary/aromatic N) is 4. The molecule has 126 valence electrons. The van der Waals surface area contributed by atoms with Gasteiger partial charge in [-0.2, -0.15) is 4.98 Å². The van der Waals surface area contributed by atoms with Crippen molar-refractivity contribution in [3.8, 4) is 0 Å². The van der Waals surface area contributed by atoms with Crippen LogP contribution < -0.4 is 21.3 Å². The van der Waals surface area contributed by atoms with Crippen molar-refractivity contribution in [2.75, 3.05) is 47.4 Å². The highest BCUT2D eigenvalue weighted by molar-refractivity contribution is 5.94. The number of anilines is 4. The smallest absolute Gasteiger partial charge is 0.222 e. The minimum absolute atomic E-state index is 0.0840. The standard InChI is InChI=1S/C17H22N6O/c1-11-15(16(18)21-17(19)20-11)23-9-7-22(8-10-23)14-5-3-13(4-6-14)12(2)24/h3-6H,7-10H2,1-2H3,(H4,18,19,20,21). The summed E-state index contributed by atoms with van der Waals surface area (Å²) in [5, 5.41) is 0. The Morgan fingerprint density at radius 2 is 1.58 bits per heavy atom. The van der Waals surface area contributed by atoms with E-state index < -0.39 is 0 Å². The zero-order valence-corrected chi connectivity index (χ0v) is 14.0. The van der Waals surface area contributed by atoms with E-state index in [2.05, 4.69) is 19.8 Å². The summed E-state index contributed by atoms with van der Waals surface area (Å²) in [6, 6.07) is 7.75. The first-order valence-corrected chi connectivity index (χ1v) is 7.96. The molecule has 0 saturated carbocycles. The quantitative estimate of drug-likeness (QED) is 0.824. The van der Waals surface area contributed by atoms with Gasteiger partial charge in [-0.3, -0.25) is 4.79 Å². The highest BCUT2D eigenvalue weighted by atomic mass is 16.1. The number of aromatic nitrogens is 2. The number of piperazine rings is 1. The molecule has 0 unspecified atom stereocenters. The number of ketones is 1. The molecule has 7 nitrogen and oxygen atoms in total. The summed E-state index contributed by atoms with van der Waals surface area (Å²) in [5.74, 6) is 0.720. The number of carbonyl (C=O) groups excluding carboxylic acids is 1. The van der Waals surface area contributed by atoms with Crippen LogP contribution in [0.3, 0.4) is 0 Å². The van der Waals surface area contributed by atoms with Crippen LogP contribution in [0.1, 0.15) is 23.0 Å². The van der Waals surface area contributed by atoms with E-state index in [4.69, 9.17) is 11.5 Å². The van der Waals surface area contributed by atoms with Crippen molar-refractivity contribution >= 4 is 28.9 Å². The van der Waals surface area contributed by atoms with Gasteiger partial charge < -0.3 is 21.3 Å². The van der Waals surface area contributed by atoms with Crippen LogP contribution in [-0.2, 0) is 0 Å². The average Bonchev–Trinajstić information content (AvgIpc) is 2.54. The third-order valence-corrected chi connectivity index (χ3v) is 4.34. The summed E-state index contributed by atoms with van der Waals surface area (Å²) < 4.78 is 0. The number of benzene rings is 1. The minimum Gasteiger partial charge on any atom is -0.382 e. The fraction of sp³-hybridized carbons (Fsp3) is 0.353. The molecule has 1 aliphatic heterocycles. The summed E-state index contributed by atoms with van der Waals surface area (Å²) in [4.78, 5) is 24.1. The molecule has 2 heterocycles. The van der Waals surface area contributed by atoms with Crippen LogP contribution in [0.2, 0.25) is 0 Å². The molecule has 7 heteroatoms. The molecular weight excluding hydrogens is 304 g/mol. The number of carbonyl (C=O) groups is 1. The predicted molar refractivity (Wildman–Crippen MR) is 96.5 cm³/mol. The van der Waals surface area contributed by atoms with Crippen LogP contribution in [0, 0.1) is 6.92 Å². The summed E-state index contributed by atoms with van der Waals surface area (Å²) in [6.07, 6.45) is 0. The van der Waals surface area contributed by atoms with Crippen molar-refractivity contribution in [3.05, 3.63) is 35.5 Å². The Kier molecular flexibility index (Phi) is 4.24. The lowest BCUT2D eigenvalue weighted by molar-refractivity contribution is 0.101. The Labute approximate surface area is 141 Å². The second kappa shape index (κ2) is 6.35. The van der Waals surface area contributed by atoms with E-state index in [1.54, 1.807) is 6.92 Å². The Balaban J connectivity index is 1.71. The first kappa shape index (κ1) is 16.0. The summed E-state index contributed by atoms with van der Waals surface area (Å²) in [6.45, 7) is 6.86. The number of hydrogen-bond acceptors (Lipinski definition) is 7. The second-order valence-electron chi connectivity index (χ2n) is 5.98. The van der Waals surface area contributed by atoms with Gasteiger partial charge in [-0.1, -0.05) is 0 Å². The first-order valence-electron chi connectivity index (χ1n) is 7.96. The molecule has 1 saturated heterocycles. The molecule has 0 amide bonds. The predicted octanol–water partition coefficient (Wildman–Crippen LogP) is 1.48. The Morgan fingerprint density at radius 1 is 1.00 bits per heavy atom. The van der Waals surface area contributed by atoms with Gasteiger partial charge in [-0.05, 0) is 38.1 Å². The largest absolute Gasteiger partial charge is 0.382 e. The van der Waals surface area contributed by atoms with Gasteiger partial charge in [0, 0.05) is 37.4 Å². The van der Waals surface area contributed by atoms with E-state index in [0.29, 0.717) is 5.82 Å². The number of Topliss-reactive ketones (excluding diaryl/α,β-unsaturated/α-hetero) is 1. The molecule has 1 aromatic heterocycles. The van der Waals surface area contributed by atoms with Crippen molar-refractivity contribution in [2.24, 2.45) is 0 Å². The average molecular weight is 326 g/mol. The van der Waals surface area contributed by atoms with E-state index in [9.17, 15) is 4.79 Å². The highest BCUT2D eigenvalue weighted by Gasteiger charge is 2.22. The summed E-state index contributed by atoms with van der Waals surface area (Å²) >= 11 is 0. The molecule has 2 aromatic rings. The van der Waals surface area contributed by atoms with E-state index >= 15 is 0 Å². The molecular formula is C17H22N6O. The van der Waals surface area contributed by atoms with Crippen molar-refractivity contribution in [1.29, 1.82) is 0 Å². The molecule has 0 radical (unpaired) electrons. The topological polar surface area (TPSA) is 101 Å². The molecule has 24 heavy (non-hydrogen) atoms. The van der Waals surface area contributed by atoms with E-state index in [1.165, 1.54) is 0 Å². The number of nitrogen functional groups attached to an aromatic ring is 2. The van der Waals surface area contributed by atoms with Crippen LogP contribution in [-0.4, -0.2) is 41.9 Å². The van der Waals surface area contributed by atoms with Crippen molar-refractivity contribution < 1.29 is 4.79 Å². The van der Waals surface area contributed by atoms with Gasteiger partial charge in [-0.15, -0.1) is 0 Å². The molecule has 4 N–H and O–H groups in total. The van der Waals surface area contributed by atoms with Gasteiger partial charge in [0.25, 0.3) is 0 Å². The van der Waals surface area contributed by atoms with Crippen molar-refractivity contribution in [1.82, 2.24) is 9.97 Å². The fourth-order valence-corrected chi connectivity index (χ4v) is 3.10. The number of rotatable bonds is 3. The van der Waals surface area contributed by atoms with Gasteiger partial charge in [0.15, 0.2) is 11.6 Å². The van der Waals surface area contributed by atoms with Gasteiger partial charge in [0.2, 0.25) is 5.95 Å². The lowest BCUT2D eigenvalue weighted by Gasteiger charge is -2.38. The van der Waals surface area contributed by atoms with E-state index in [0.717, 1.165) is 48.8 Å². The molecule has 3 rings (SSSR count). The van der Waals surface area contributed by atoms with Gasteiger partial charge in [-0.25, -0.2) is 4.98 Å². The van der Waals surface area contributed by atoms with Crippen LogP contribution in [0.4, 0.5) is 23.1 Å². The zero-order chi connectivity index (χ0) is 17.3. The molecule has 1 aromatic carbocycles. The molecule has 0 aliphatic carbocycles. The molecule has 1 aliphatic rings. The molecule has 1 fully saturated rings. The number of nitrogens with two attached hydrogens (primary N) is 2. The van der Waals surface area contributed by atoms with Crippen molar-refractivity contribution in [2.45, 2.75) is 13.8 Å². The van der Waals surface area contributed by atoms with Crippen molar-refractivity contribution in [3.63, 3.8) is 0 Å². The maximum absolute atomic E-state index is 11.4. The number of aryl methyl sites for hydroxylation is 1. The zero-order valence-electron chi connectivity index (χ0n) is 14.0. The third-order valence-electron chi connectivity index (χ3n) is 4.34. The molecule has 0 bridgehead atoms. The Hall–Kier alpha value is -2.83.